The lowest BCUT2D eigenvalue weighted by molar-refractivity contribution is -0.167. The van der Waals surface area contributed by atoms with Gasteiger partial charge >= 0.3 is 17.9 Å². The number of hydrogen-bond acceptors (Lipinski definition) is 6. The van der Waals surface area contributed by atoms with Gasteiger partial charge in [-0.05, 0) is 96.3 Å². The normalized spacial score (nSPS) is 12.6. The highest BCUT2D eigenvalue weighted by molar-refractivity contribution is 5.71. The van der Waals surface area contributed by atoms with Crippen LogP contribution in [0, 0.1) is 0 Å². The molecular formula is C74H130O6. The zero-order valence-corrected chi connectivity index (χ0v) is 53.1. The van der Waals surface area contributed by atoms with Gasteiger partial charge in [-0.1, -0.05) is 318 Å². The van der Waals surface area contributed by atoms with Crippen molar-refractivity contribution in [1.29, 1.82) is 0 Å². The number of hydrogen-bond donors (Lipinski definition) is 0. The summed E-state index contributed by atoms with van der Waals surface area (Å²) in [5.74, 6) is -0.877. The molecule has 0 radical (unpaired) electrons. The number of esters is 3. The van der Waals surface area contributed by atoms with Crippen LogP contribution >= 0.6 is 0 Å². The summed E-state index contributed by atoms with van der Waals surface area (Å²) in [7, 11) is 0. The fourth-order valence-corrected chi connectivity index (χ4v) is 9.97. The van der Waals surface area contributed by atoms with E-state index in [1.165, 1.54) is 199 Å². The lowest BCUT2D eigenvalue weighted by Crippen LogP contribution is -2.30. The minimum Gasteiger partial charge on any atom is -0.462 e. The van der Waals surface area contributed by atoms with E-state index < -0.39 is 6.10 Å². The van der Waals surface area contributed by atoms with Crippen LogP contribution in [0.1, 0.15) is 348 Å². The van der Waals surface area contributed by atoms with E-state index in [1.807, 2.05) is 0 Å². The Labute approximate surface area is 496 Å². The van der Waals surface area contributed by atoms with Crippen molar-refractivity contribution in [1.82, 2.24) is 0 Å². The van der Waals surface area contributed by atoms with Crippen molar-refractivity contribution in [3.8, 4) is 0 Å². The average Bonchev–Trinajstić information content (AvgIpc) is 3.46. The lowest BCUT2D eigenvalue weighted by Gasteiger charge is -2.18. The molecule has 6 nitrogen and oxygen atoms in total. The van der Waals surface area contributed by atoms with Gasteiger partial charge in [-0.25, -0.2) is 0 Å². The Kier molecular flexibility index (Phi) is 65.2. The van der Waals surface area contributed by atoms with Crippen LogP contribution in [0.3, 0.4) is 0 Å². The molecule has 0 aliphatic rings. The number of carbonyl (C=O) groups is 3. The standard InChI is InChI=1S/C74H130O6/c1-4-7-10-13-16-19-21-23-25-27-29-30-31-32-33-34-35-36-37-38-39-40-41-42-43-44-46-47-49-51-53-55-58-61-64-67-73(76)79-70-71(69-78-72(75)66-63-60-57-18-15-12-9-6-3)80-74(77)68-65-62-59-56-54-52-50-48-45-28-26-24-22-20-17-14-11-8-5-2/h7,10,16-17,19-20,23-26,29-30,45,48,71H,4-6,8-9,11-15,18,21-22,27-28,31-44,46-47,49-70H2,1-3H3/b10-7-,19-16-,20-17-,25-23-,26-24-,30-29-,48-45-. The molecule has 0 spiro atoms. The fraction of sp³-hybridized carbons (Fsp3) is 0.770. The van der Waals surface area contributed by atoms with Crippen molar-refractivity contribution < 1.29 is 28.6 Å². The van der Waals surface area contributed by atoms with E-state index in [2.05, 4.69) is 106 Å². The Bertz CT molecular complexity index is 1520. The van der Waals surface area contributed by atoms with E-state index in [0.717, 1.165) is 109 Å². The maximum absolute atomic E-state index is 12.9. The second kappa shape index (κ2) is 68.1. The molecule has 0 amide bonds. The predicted octanol–water partition coefficient (Wildman–Crippen LogP) is 23.8. The summed E-state index contributed by atoms with van der Waals surface area (Å²) in [6.07, 6.45) is 90.7. The molecule has 1 unspecified atom stereocenters. The Balaban J connectivity index is 4.02. The smallest absolute Gasteiger partial charge is 0.306 e. The summed E-state index contributed by atoms with van der Waals surface area (Å²) < 4.78 is 16.9. The zero-order chi connectivity index (χ0) is 57.8. The Morgan fingerprint density at radius 1 is 0.263 bits per heavy atom. The van der Waals surface area contributed by atoms with Gasteiger partial charge < -0.3 is 14.2 Å². The first kappa shape index (κ1) is 76.6. The molecule has 0 aromatic rings. The summed E-state index contributed by atoms with van der Waals surface area (Å²) >= 11 is 0. The van der Waals surface area contributed by atoms with Gasteiger partial charge in [-0.2, -0.15) is 0 Å². The lowest BCUT2D eigenvalue weighted by atomic mass is 10.0. The molecule has 0 aromatic carbocycles. The molecule has 0 rings (SSSR count). The van der Waals surface area contributed by atoms with Gasteiger partial charge in [0.15, 0.2) is 6.10 Å². The van der Waals surface area contributed by atoms with Crippen molar-refractivity contribution in [2.24, 2.45) is 0 Å². The molecule has 0 aliphatic carbocycles. The van der Waals surface area contributed by atoms with Gasteiger partial charge in [0.2, 0.25) is 0 Å². The van der Waals surface area contributed by atoms with Crippen LogP contribution in [0.4, 0.5) is 0 Å². The molecule has 0 saturated carbocycles. The topological polar surface area (TPSA) is 78.9 Å². The quantitative estimate of drug-likeness (QED) is 0.0261. The third-order valence-corrected chi connectivity index (χ3v) is 15.1. The van der Waals surface area contributed by atoms with Gasteiger partial charge in [0.25, 0.3) is 0 Å². The molecule has 1 atom stereocenters. The van der Waals surface area contributed by atoms with Crippen molar-refractivity contribution in [3.05, 3.63) is 85.1 Å². The molecule has 0 aliphatic heterocycles. The average molecular weight is 1120 g/mol. The number of rotatable bonds is 63. The van der Waals surface area contributed by atoms with Gasteiger partial charge in [0.1, 0.15) is 13.2 Å². The van der Waals surface area contributed by atoms with Crippen LogP contribution in [0.2, 0.25) is 0 Å². The maximum atomic E-state index is 12.9. The Hall–Kier alpha value is -3.41. The second-order valence-electron chi connectivity index (χ2n) is 23.1. The summed E-state index contributed by atoms with van der Waals surface area (Å²) in [5.41, 5.74) is 0. The second-order valence-corrected chi connectivity index (χ2v) is 23.1. The molecule has 0 aromatic heterocycles. The Morgan fingerprint density at radius 2 is 0.487 bits per heavy atom. The van der Waals surface area contributed by atoms with Gasteiger partial charge in [0, 0.05) is 19.3 Å². The van der Waals surface area contributed by atoms with E-state index >= 15 is 0 Å². The largest absolute Gasteiger partial charge is 0.462 e. The maximum Gasteiger partial charge on any atom is 0.306 e. The minimum atomic E-state index is -0.779. The summed E-state index contributed by atoms with van der Waals surface area (Å²) in [6, 6.07) is 0. The summed E-state index contributed by atoms with van der Waals surface area (Å²) in [6.45, 7) is 6.50. The first-order valence-corrected chi connectivity index (χ1v) is 34.6. The molecular weight excluding hydrogens is 985 g/mol. The van der Waals surface area contributed by atoms with Crippen molar-refractivity contribution in [3.63, 3.8) is 0 Å². The number of allylic oxidation sites excluding steroid dienone is 14. The first-order chi connectivity index (χ1) is 39.5. The van der Waals surface area contributed by atoms with Crippen LogP contribution < -0.4 is 0 Å². The third kappa shape index (κ3) is 65.4. The highest BCUT2D eigenvalue weighted by atomic mass is 16.6. The zero-order valence-electron chi connectivity index (χ0n) is 53.1. The van der Waals surface area contributed by atoms with Crippen LogP contribution in [0.5, 0.6) is 0 Å². The highest BCUT2D eigenvalue weighted by Gasteiger charge is 2.19. The number of carbonyl (C=O) groups excluding carboxylic acids is 3. The van der Waals surface area contributed by atoms with E-state index in [9.17, 15) is 14.4 Å². The first-order valence-electron chi connectivity index (χ1n) is 34.6. The fourth-order valence-electron chi connectivity index (χ4n) is 9.97. The van der Waals surface area contributed by atoms with Crippen LogP contribution in [0.25, 0.3) is 0 Å². The molecule has 80 heavy (non-hydrogen) atoms. The highest BCUT2D eigenvalue weighted by Crippen LogP contribution is 2.18. The van der Waals surface area contributed by atoms with Crippen LogP contribution in [0.15, 0.2) is 85.1 Å². The molecule has 0 N–H and O–H groups in total. The van der Waals surface area contributed by atoms with E-state index in [1.54, 1.807) is 0 Å². The van der Waals surface area contributed by atoms with Crippen molar-refractivity contribution in [2.45, 2.75) is 354 Å². The summed E-state index contributed by atoms with van der Waals surface area (Å²) in [5, 5.41) is 0. The SMILES string of the molecule is CC/C=C\C/C=C\C/C=C\C/C=C\CCCCCCCCCCCCCCCCCCCCCCCCC(=O)OCC(COC(=O)CCCCCCCCCC)OC(=O)CCCCCCCC/C=C\C/C=C\C/C=C\CCCCC. The van der Waals surface area contributed by atoms with Gasteiger partial charge in [-0.15, -0.1) is 0 Å². The molecule has 0 heterocycles. The molecule has 6 heteroatoms. The van der Waals surface area contributed by atoms with Gasteiger partial charge in [-0.3, -0.25) is 14.4 Å². The van der Waals surface area contributed by atoms with Crippen molar-refractivity contribution in [2.75, 3.05) is 13.2 Å². The Morgan fingerprint density at radius 3 is 0.787 bits per heavy atom. The molecule has 0 saturated heterocycles. The van der Waals surface area contributed by atoms with E-state index in [-0.39, 0.29) is 31.1 Å². The van der Waals surface area contributed by atoms with Gasteiger partial charge in [0.05, 0.1) is 0 Å². The molecule has 0 fully saturated rings. The van der Waals surface area contributed by atoms with Crippen LogP contribution in [-0.4, -0.2) is 37.2 Å². The molecule has 462 valence electrons. The summed E-state index contributed by atoms with van der Waals surface area (Å²) in [4.78, 5) is 38.2. The monoisotopic (exact) mass is 1110 g/mol. The van der Waals surface area contributed by atoms with Crippen LogP contribution in [-0.2, 0) is 28.6 Å². The third-order valence-electron chi connectivity index (χ3n) is 15.1. The number of ether oxygens (including phenoxy) is 3. The van der Waals surface area contributed by atoms with E-state index in [4.69, 9.17) is 14.2 Å². The molecule has 0 bridgehead atoms. The van der Waals surface area contributed by atoms with Crippen molar-refractivity contribution >= 4 is 17.9 Å². The predicted molar refractivity (Wildman–Crippen MR) is 348 cm³/mol. The number of unbranched alkanes of at least 4 members (excludes halogenated alkanes) is 38. The van der Waals surface area contributed by atoms with E-state index in [0.29, 0.717) is 19.3 Å². The minimum absolute atomic E-state index is 0.0766.